The van der Waals surface area contributed by atoms with Crippen LogP contribution in [0.3, 0.4) is 0 Å². The average molecular weight is 439 g/mol. The van der Waals surface area contributed by atoms with Crippen LogP contribution in [0.4, 0.5) is 0 Å². The van der Waals surface area contributed by atoms with Gasteiger partial charge in [-0.3, -0.25) is 0 Å². The van der Waals surface area contributed by atoms with Crippen LogP contribution < -0.4 is 0 Å². The van der Waals surface area contributed by atoms with Crippen LogP contribution in [0.1, 0.15) is 10.4 Å². The first-order chi connectivity index (χ1) is 13.5. The number of rotatable bonds is 4. The molecule has 0 amide bonds. The second kappa shape index (κ2) is 8.24. The number of aromatic carboxylic acids is 1. The average Bonchev–Trinajstić information content (AvgIpc) is 3.13. The zero-order chi connectivity index (χ0) is 19.7. The molecule has 0 aliphatic carbocycles. The van der Waals surface area contributed by atoms with Crippen molar-refractivity contribution in [1.82, 2.24) is 14.8 Å². The molecule has 0 atom stereocenters. The van der Waals surface area contributed by atoms with Crippen LogP contribution >= 0.6 is 0 Å². The number of hydrogen-bond donors (Lipinski definition) is 3. The molecule has 29 heavy (non-hydrogen) atoms. The molecule has 0 bridgehead atoms. The SMILES string of the molecule is O=C(O)c1ccc(-n2nc(-c3ccccc3O)nc2-c2ccccc2O)cc1.[Zn]. The molecule has 4 rings (SSSR count). The van der Waals surface area contributed by atoms with E-state index in [1.807, 2.05) is 0 Å². The Bertz CT molecular complexity index is 1170. The molecular weight excluding hydrogens is 424 g/mol. The summed E-state index contributed by atoms with van der Waals surface area (Å²) in [6.07, 6.45) is 0. The maximum absolute atomic E-state index is 11.1. The summed E-state index contributed by atoms with van der Waals surface area (Å²) in [5, 5.41) is 34.0. The summed E-state index contributed by atoms with van der Waals surface area (Å²) < 4.78 is 1.50. The molecule has 0 aliphatic heterocycles. The number of carboxylic acids is 1. The fourth-order valence-corrected chi connectivity index (χ4v) is 2.85. The van der Waals surface area contributed by atoms with Gasteiger partial charge in [-0.05, 0) is 48.5 Å². The minimum Gasteiger partial charge on any atom is -0.507 e. The quantitative estimate of drug-likeness (QED) is 0.419. The molecule has 7 nitrogen and oxygen atoms in total. The van der Waals surface area contributed by atoms with Gasteiger partial charge in [0.2, 0.25) is 0 Å². The Morgan fingerprint density at radius 3 is 1.90 bits per heavy atom. The van der Waals surface area contributed by atoms with Crippen LogP contribution in [0.2, 0.25) is 0 Å². The molecule has 1 heterocycles. The first-order valence-electron chi connectivity index (χ1n) is 8.42. The van der Waals surface area contributed by atoms with Crippen LogP contribution in [0.25, 0.3) is 28.5 Å². The van der Waals surface area contributed by atoms with Crippen LogP contribution in [0, 0.1) is 0 Å². The van der Waals surface area contributed by atoms with Gasteiger partial charge in [0, 0.05) is 19.5 Å². The molecule has 3 N–H and O–H groups in total. The molecule has 0 saturated carbocycles. The summed E-state index contributed by atoms with van der Waals surface area (Å²) in [6.45, 7) is 0. The Hall–Kier alpha value is -3.51. The molecule has 0 spiro atoms. The van der Waals surface area contributed by atoms with Crippen molar-refractivity contribution >= 4 is 5.97 Å². The van der Waals surface area contributed by atoms with Gasteiger partial charge in [-0.1, -0.05) is 24.3 Å². The van der Waals surface area contributed by atoms with E-state index in [-0.39, 0.29) is 42.4 Å². The first kappa shape index (κ1) is 20.2. The molecule has 4 aromatic rings. The van der Waals surface area contributed by atoms with Crippen molar-refractivity contribution in [3.05, 3.63) is 78.4 Å². The molecule has 0 fully saturated rings. The van der Waals surface area contributed by atoms with E-state index in [4.69, 9.17) is 5.11 Å². The predicted molar refractivity (Wildman–Crippen MR) is 103 cm³/mol. The van der Waals surface area contributed by atoms with Crippen molar-refractivity contribution in [3.8, 4) is 40.0 Å². The molecule has 0 radical (unpaired) electrons. The van der Waals surface area contributed by atoms with Gasteiger partial charge in [0.05, 0.1) is 22.4 Å². The van der Waals surface area contributed by atoms with Crippen LogP contribution in [0.5, 0.6) is 11.5 Å². The Kier molecular flexibility index (Phi) is 5.75. The van der Waals surface area contributed by atoms with E-state index in [1.54, 1.807) is 54.6 Å². The van der Waals surface area contributed by atoms with Crippen LogP contribution in [-0.4, -0.2) is 36.1 Å². The van der Waals surface area contributed by atoms with Gasteiger partial charge >= 0.3 is 5.97 Å². The number of nitrogens with zero attached hydrogens (tertiary/aromatic N) is 3. The maximum Gasteiger partial charge on any atom is 0.335 e. The van der Waals surface area contributed by atoms with Crippen LogP contribution in [0.15, 0.2) is 72.8 Å². The molecule has 0 unspecified atom stereocenters. The Labute approximate surface area is 178 Å². The van der Waals surface area contributed by atoms with Crippen molar-refractivity contribution in [1.29, 1.82) is 0 Å². The number of hydrogen-bond acceptors (Lipinski definition) is 5. The van der Waals surface area contributed by atoms with E-state index >= 15 is 0 Å². The van der Waals surface area contributed by atoms with E-state index < -0.39 is 5.97 Å². The second-order valence-electron chi connectivity index (χ2n) is 6.06. The first-order valence-corrected chi connectivity index (χ1v) is 8.42. The predicted octanol–water partition coefficient (Wildman–Crippen LogP) is 3.71. The molecule has 3 aromatic carbocycles. The molecule has 0 aliphatic rings. The Morgan fingerprint density at radius 2 is 1.34 bits per heavy atom. The minimum absolute atomic E-state index is 0. The topological polar surface area (TPSA) is 108 Å². The third-order valence-electron chi connectivity index (χ3n) is 4.26. The van der Waals surface area contributed by atoms with E-state index in [1.165, 1.54) is 22.9 Å². The number of phenols is 2. The summed E-state index contributed by atoms with van der Waals surface area (Å²) in [5.41, 5.74) is 1.62. The van der Waals surface area contributed by atoms with Crippen molar-refractivity contribution < 1.29 is 39.6 Å². The molecular formula is C21H15N3O4Zn. The monoisotopic (exact) mass is 437 g/mol. The summed E-state index contributed by atoms with van der Waals surface area (Å²) >= 11 is 0. The van der Waals surface area contributed by atoms with Gasteiger partial charge in [0.25, 0.3) is 0 Å². The molecule has 8 heteroatoms. The molecule has 140 valence electrons. The third-order valence-corrected chi connectivity index (χ3v) is 4.26. The Morgan fingerprint density at radius 1 is 0.793 bits per heavy atom. The van der Waals surface area contributed by atoms with Crippen molar-refractivity contribution in [2.75, 3.05) is 0 Å². The van der Waals surface area contributed by atoms with E-state index in [0.29, 0.717) is 22.6 Å². The number of carboxylic acid groups (broad SMARTS) is 1. The van der Waals surface area contributed by atoms with Gasteiger partial charge in [-0.15, -0.1) is 5.10 Å². The van der Waals surface area contributed by atoms with E-state index in [9.17, 15) is 15.0 Å². The molecule has 1 aromatic heterocycles. The number of aromatic hydroxyl groups is 2. The van der Waals surface area contributed by atoms with E-state index in [0.717, 1.165) is 0 Å². The maximum atomic E-state index is 11.1. The smallest absolute Gasteiger partial charge is 0.335 e. The van der Waals surface area contributed by atoms with Gasteiger partial charge < -0.3 is 15.3 Å². The minimum atomic E-state index is -1.03. The van der Waals surface area contributed by atoms with Crippen LogP contribution in [-0.2, 0) is 19.5 Å². The number of aromatic nitrogens is 3. The zero-order valence-electron chi connectivity index (χ0n) is 15.2. The van der Waals surface area contributed by atoms with Gasteiger partial charge in [0.1, 0.15) is 11.5 Å². The normalized spacial score (nSPS) is 10.3. The largest absolute Gasteiger partial charge is 0.507 e. The summed E-state index contributed by atoms with van der Waals surface area (Å²) in [5.74, 6) is -0.328. The number of phenolic OH excluding ortho intramolecular Hbond substituents is 2. The van der Waals surface area contributed by atoms with E-state index in [2.05, 4.69) is 10.1 Å². The van der Waals surface area contributed by atoms with Gasteiger partial charge in [-0.25, -0.2) is 14.5 Å². The molecule has 0 saturated heterocycles. The standard InChI is InChI=1S/C21H15N3O4.Zn/c25-17-7-3-1-5-15(17)19-22-20(16-6-2-4-8-18(16)26)24(23-19)14-11-9-13(10-12-14)21(27)28;/h1-12,25-26H,(H,27,28);. The van der Waals surface area contributed by atoms with Gasteiger partial charge in [0.15, 0.2) is 11.6 Å². The zero-order valence-corrected chi connectivity index (χ0v) is 18.2. The van der Waals surface area contributed by atoms with Gasteiger partial charge in [-0.2, -0.15) is 0 Å². The summed E-state index contributed by atoms with van der Waals surface area (Å²) in [7, 11) is 0. The van der Waals surface area contributed by atoms with Crippen molar-refractivity contribution in [2.45, 2.75) is 0 Å². The van der Waals surface area contributed by atoms with Crippen molar-refractivity contribution in [3.63, 3.8) is 0 Å². The number of para-hydroxylation sites is 2. The summed E-state index contributed by atoms with van der Waals surface area (Å²) in [6, 6.07) is 19.5. The van der Waals surface area contributed by atoms with Crippen molar-refractivity contribution in [2.24, 2.45) is 0 Å². The number of carbonyl (C=O) groups is 1. The Balaban J connectivity index is 0.00000240. The third kappa shape index (κ3) is 3.88. The summed E-state index contributed by atoms with van der Waals surface area (Å²) in [4.78, 5) is 15.6. The fourth-order valence-electron chi connectivity index (χ4n) is 2.85. The second-order valence-corrected chi connectivity index (χ2v) is 6.06. The number of benzene rings is 3. The fraction of sp³-hybridized carbons (Fsp3) is 0.